The lowest BCUT2D eigenvalue weighted by atomic mass is 10.0. The van der Waals surface area contributed by atoms with Crippen molar-refractivity contribution in [3.63, 3.8) is 0 Å². The number of benzene rings is 3. The number of carbonyl (C=O) groups is 1. The zero-order chi connectivity index (χ0) is 36.4. The third-order valence-corrected chi connectivity index (χ3v) is 9.87. The second-order valence-electron chi connectivity index (χ2n) is 13.2. The number of carbonyl (C=O) groups excluding carboxylic acids is 1. The number of allylic oxidation sites excluding steroid dienone is 4. The van der Waals surface area contributed by atoms with Crippen molar-refractivity contribution in [2.45, 2.75) is 6.92 Å². The fourth-order valence-electron chi connectivity index (χ4n) is 7.40. The number of fused-ring (bicyclic) bond motifs is 8. The molecule has 0 amide bonds. The number of aromatic nitrogens is 4. The van der Waals surface area contributed by atoms with E-state index >= 15 is 0 Å². The predicted octanol–water partition coefficient (Wildman–Crippen LogP) is 11.3. The van der Waals surface area contributed by atoms with Gasteiger partial charge in [-0.2, -0.15) is 0 Å². The normalized spacial score (nSPS) is 14.5. The van der Waals surface area contributed by atoms with Crippen molar-refractivity contribution in [1.29, 1.82) is 0 Å². The Hall–Kier alpha value is -7.05. The molecule has 54 heavy (non-hydrogen) atoms. The van der Waals surface area contributed by atoms with Gasteiger partial charge in [0.05, 0.1) is 35.3 Å². The molecule has 2 N–H and O–H groups in total. The Bertz CT molecular complexity index is 2690. The van der Waals surface area contributed by atoms with Crippen LogP contribution in [0.15, 0.2) is 146 Å². The molecule has 0 spiro atoms. The molecule has 3 aromatic heterocycles. The molecule has 8 bridgehead atoms. The number of hydrogen-bond donors (Lipinski definition) is 2. The lowest BCUT2D eigenvalue weighted by Gasteiger charge is -2.07. The summed E-state index contributed by atoms with van der Waals surface area (Å²) >= 11 is 0. The highest BCUT2D eigenvalue weighted by atomic mass is 16.5. The molecular formula is C48H36N4O2. The van der Waals surface area contributed by atoms with Gasteiger partial charge < -0.3 is 14.7 Å². The van der Waals surface area contributed by atoms with Gasteiger partial charge in [0, 0.05) is 44.3 Å². The van der Waals surface area contributed by atoms with Crippen molar-refractivity contribution in [1.82, 2.24) is 19.9 Å². The van der Waals surface area contributed by atoms with E-state index in [1.165, 1.54) is 0 Å². The molecule has 2 aliphatic heterocycles. The monoisotopic (exact) mass is 700 g/mol. The van der Waals surface area contributed by atoms with Crippen LogP contribution in [0.3, 0.4) is 0 Å². The van der Waals surface area contributed by atoms with E-state index in [0.717, 1.165) is 89.4 Å². The highest BCUT2D eigenvalue weighted by Gasteiger charge is 2.20. The number of hydrogen-bond acceptors (Lipinski definition) is 4. The number of ether oxygens (including phenoxy) is 1. The first-order chi connectivity index (χ1) is 26.6. The topological polar surface area (TPSA) is 83.7 Å². The van der Waals surface area contributed by atoms with Gasteiger partial charge in [-0.05, 0) is 77.8 Å². The molecule has 1 atom stereocenters. The summed E-state index contributed by atoms with van der Waals surface area (Å²) in [5.74, 6) is -0.761. The highest BCUT2D eigenvalue weighted by molar-refractivity contribution is 6.00. The lowest BCUT2D eigenvalue weighted by Crippen LogP contribution is -2.13. The van der Waals surface area contributed by atoms with Gasteiger partial charge in [0.2, 0.25) is 0 Å². The summed E-state index contributed by atoms with van der Waals surface area (Å²) in [5.41, 5.74) is 15.1. The van der Waals surface area contributed by atoms with E-state index in [0.29, 0.717) is 6.61 Å². The van der Waals surface area contributed by atoms with Gasteiger partial charge >= 0.3 is 5.97 Å². The summed E-state index contributed by atoms with van der Waals surface area (Å²) in [6.45, 7) is 2.15. The molecular weight excluding hydrogens is 665 g/mol. The van der Waals surface area contributed by atoms with Gasteiger partial charge in [0.1, 0.15) is 0 Å². The summed E-state index contributed by atoms with van der Waals surface area (Å²) in [4.78, 5) is 31.1. The Morgan fingerprint density at radius 3 is 1.37 bits per heavy atom. The number of rotatable bonds is 6. The van der Waals surface area contributed by atoms with Crippen molar-refractivity contribution in [2.24, 2.45) is 5.92 Å². The van der Waals surface area contributed by atoms with E-state index in [1.54, 1.807) is 0 Å². The third kappa shape index (κ3) is 6.14. The number of H-pyrrole nitrogens is 2. The molecule has 0 saturated heterocycles. The maximum atomic E-state index is 12.8. The van der Waals surface area contributed by atoms with Crippen molar-refractivity contribution in [3.05, 3.63) is 174 Å². The summed E-state index contributed by atoms with van der Waals surface area (Å²) in [5, 5.41) is 0. The van der Waals surface area contributed by atoms with E-state index in [9.17, 15) is 4.79 Å². The van der Waals surface area contributed by atoms with Crippen molar-refractivity contribution in [3.8, 4) is 33.4 Å². The summed E-state index contributed by atoms with van der Waals surface area (Å²) in [7, 11) is 0. The van der Waals surface area contributed by atoms with Crippen molar-refractivity contribution < 1.29 is 9.53 Å². The zero-order valence-electron chi connectivity index (χ0n) is 29.7. The number of aromatic amines is 2. The molecule has 6 nitrogen and oxygen atoms in total. The third-order valence-electron chi connectivity index (χ3n) is 9.87. The minimum atomic E-state index is -0.485. The smallest absolute Gasteiger partial charge is 0.316 e. The standard InChI is InChI=1S/C48H36N4O2/c1-2-54-48(53)35-20-12-19-34(21-22-35)47-42-29-27-40(51-42)45(32-15-8-4-9-16-32)38-25-23-36(49-38)44(31-13-6-3-7-14-31)37-24-26-39(50-37)46(33-17-10-5-11-18-33)41-28-30-43(47)52-41/h3-30,35,49,52H,2H2,1H3. The van der Waals surface area contributed by atoms with Gasteiger partial charge in [-0.25, -0.2) is 9.97 Å². The average molecular weight is 701 g/mol. The van der Waals surface area contributed by atoms with Crippen LogP contribution in [0.25, 0.3) is 85.3 Å². The fourth-order valence-corrected chi connectivity index (χ4v) is 7.40. The Morgan fingerprint density at radius 2 is 0.944 bits per heavy atom. The molecule has 3 aromatic carbocycles. The van der Waals surface area contributed by atoms with Crippen LogP contribution in [0, 0.1) is 5.92 Å². The van der Waals surface area contributed by atoms with Crippen molar-refractivity contribution in [2.75, 3.05) is 6.61 Å². The first-order valence-electron chi connectivity index (χ1n) is 18.2. The molecule has 0 saturated carbocycles. The van der Waals surface area contributed by atoms with Crippen LogP contribution in [0.5, 0.6) is 0 Å². The molecule has 1 unspecified atom stereocenters. The predicted molar refractivity (Wildman–Crippen MR) is 222 cm³/mol. The SMILES string of the molecule is CCOC(=O)C1C=CC=C(c2c3nc(c(-c4ccccc4)c4ccc([nH]4)c(-c4ccccc4)c4nc(c(-c5ccccc5)c5ccc2[nH]5)C=C4)C=C3)C=C1. The van der Waals surface area contributed by atoms with Crippen LogP contribution in [-0.4, -0.2) is 32.5 Å². The van der Waals surface area contributed by atoms with E-state index in [4.69, 9.17) is 14.7 Å². The first-order valence-corrected chi connectivity index (χ1v) is 18.2. The number of nitrogens with zero attached hydrogens (tertiary/aromatic N) is 2. The van der Waals surface area contributed by atoms with Gasteiger partial charge in [0.15, 0.2) is 0 Å². The quantitative estimate of drug-likeness (QED) is 0.169. The maximum Gasteiger partial charge on any atom is 0.316 e. The lowest BCUT2D eigenvalue weighted by molar-refractivity contribution is -0.144. The first kappa shape index (κ1) is 32.8. The summed E-state index contributed by atoms with van der Waals surface area (Å²) in [6.07, 6.45) is 18.1. The van der Waals surface area contributed by atoms with Crippen LogP contribution in [-0.2, 0) is 9.53 Å². The second kappa shape index (κ2) is 14.2. The van der Waals surface area contributed by atoms with Crippen LogP contribution in [0.4, 0.5) is 0 Å². The fraction of sp³-hybridized carbons (Fsp3) is 0.0625. The van der Waals surface area contributed by atoms with E-state index in [1.807, 2.05) is 55.5 Å². The molecule has 6 heteroatoms. The van der Waals surface area contributed by atoms with Gasteiger partial charge in [-0.3, -0.25) is 4.79 Å². The Labute approximate surface area is 313 Å². The maximum absolute atomic E-state index is 12.8. The summed E-state index contributed by atoms with van der Waals surface area (Å²) < 4.78 is 5.35. The van der Waals surface area contributed by atoms with Crippen molar-refractivity contribution >= 4 is 57.9 Å². The average Bonchev–Trinajstić information content (AvgIpc) is 4.03. The van der Waals surface area contributed by atoms with Crippen LogP contribution < -0.4 is 0 Å². The molecule has 0 fully saturated rings. The van der Waals surface area contributed by atoms with Crippen LogP contribution in [0.1, 0.15) is 35.3 Å². The van der Waals surface area contributed by atoms with Crippen LogP contribution >= 0.6 is 0 Å². The minimum absolute atomic E-state index is 0.276. The molecule has 260 valence electrons. The summed E-state index contributed by atoms with van der Waals surface area (Å²) in [6, 6.07) is 39.7. The number of nitrogens with one attached hydrogen (secondary N) is 2. The van der Waals surface area contributed by atoms with Crippen LogP contribution in [0.2, 0.25) is 0 Å². The molecule has 0 radical (unpaired) electrons. The molecule has 6 aromatic rings. The Morgan fingerprint density at radius 1 is 0.537 bits per heavy atom. The Balaban J connectivity index is 1.41. The highest BCUT2D eigenvalue weighted by Crippen LogP contribution is 2.38. The second-order valence-corrected chi connectivity index (χ2v) is 13.2. The van der Waals surface area contributed by atoms with E-state index in [-0.39, 0.29) is 5.97 Å². The largest absolute Gasteiger partial charge is 0.465 e. The van der Waals surface area contributed by atoms with Gasteiger partial charge in [-0.15, -0.1) is 0 Å². The van der Waals surface area contributed by atoms with Gasteiger partial charge in [-0.1, -0.05) is 121 Å². The molecule has 3 aliphatic rings. The zero-order valence-corrected chi connectivity index (χ0v) is 29.7. The van der Waals surface area contributed by atoms with E-state index < -0.39 is 5.92 Å². The minimum Gasteiger partial charge on any atom is -0.465 e. The molecule has 1 aliphatic carbocycles. The Kier molecular flexibility index (Phi) is 8.61. The van der Waals surface area contributed by atoms with E-state index in [2.05, 4.69) is 131 Å². The van der Waals surface area contributed by atoms with Gasteiger partial charge in [0.25, 0.3) is 0 Å². The molecule has 9 rings (SSSR count). The number of esters is 1. The molecule has 5 heterocycles.